The van der Waals surface area contributed by atoms with E-state index in [0.717, 1.165) is 25.1 Å². The van der Waals surface area contributed by atoms with Gasteiger partial charge in [0.25, 0.3) is 5.91 Å². The van der Waals surface area contributed by atoms with Crippen LogP contribution in [-0.4, -0.2) is 50.0 Å². The summed E-state index contributed by atoms with van der Waals surface area (Å²) >= 11 is 0. The van der Waals surface area contributed by atoms with E-state index in [4.69, 9.17) is 14.2 Å². The van der Waals surface area contributed by atoms with E-state index in [2.05, 4.69) is 0 Å². The van der Waals surface area contributed by atoms with Gasteiger partial charge in [-0.25, -0.2) is 0 Å². The van der Waals surface area contributed by atoms with E-state index in [9.17, 15) is 4.79 Å². The molecule has 1 amide bonds. The van der Waals surface area contributed by atoms with Crippen molar-refractivity contribution in [2.45, 2.75) is 18.6 Å². The van der Waals surface area contributed by atoms with Crippen LogP contribution in [0.25, 0.3) is 0 Å². The Morgan fingerprint density at radius 1 is 1.25 bits per heavy atom. The average Bonchev–Trinajstić information content (AvgIpc) is 2.94. The zero-order chi connectivity index (χ0) is 14.0. The Labute approximate surface area is 118 Å². The average molecular weight is 277 g/mol. The molecule has 2 aliphatic heterocycles. The van der Waals surface area contributed by atoms with Crippen LogP contribution in [-0.2, 0) is 9.47 Å². The van der Waals surface area contributed by atoms with Crippen LogP contribution in [0.2, 0.25) is 0 Å². The molecule has 5 nitrogen and oxygen atoms in total. The van der Waals surface area contributed by atoms with Gasteiger partial charge in [0.1, 0.15) is 5.75 Å². The first-order valence-electron chi connectivity index (χ1n) is 6.94. The predicted octanol–water partition coefficient (Wildman–Crippen LogP) is 1.67. The first-order valence-corrected chi connectivity index (χ1v) is 6.94. The smallest absolute Gasteiger partial charge is 0.254 e. The van der Waals surface area contributed by atoms with Gasteiger partial charge >= 0.3 is 0 Å². The van der Waals surface area contributed by atoms with Gasteiger partial charge in [0.15, 0.2) is 5.79 Å². The number of hydrogen-bond acceptors (Lipinski definition) is 4. The van der Waals surface area contributed by atoms with E-state index in [1.807, 2.05) is 4.90 Å². The molecule has 0 atom stereocenters. The molecule has 0 saturated carbocycles. The minimum atomic E-state index is -0.569. The molecule has 3 rings (SSSR count). The minimum absolute atomic E-state index is 0.0193. The molecule has 1 aromatic rings. The number of ether oxygens (including phenoxy) is 3. The molecule has 0 unspecified atom stereocenters. The van der Waals surface area contributed by atoms with Gasteiger partial charge in [-0.2, -0.15) is 0 Å². The van der Waals surface area contributed by atoms with Crippen molar-refractivity contribution < 1.29 is 19.0 Å². The van der Waals surface area contributed by atoms with Crippen molar-refractivity contribution in [3.05, 3.63) is 29.8 Å². The third kappa shape index (κ3) is 2.51. The second kappa shape index (κ2) is 5.42. The van der Waals surface area contributed by atoms with E-state index in [-0.39, 0.29) is 5.91 Å². The minimum Gasteiger partial charge on any atom is -0.497 e. The Kier molecular flexibility index (Phi) is 3.63. The highest BCUT2D eigenvalue weighted by Gasteiger charge is 2.42. The number of carbonyl (C=O) groups excluding carboxylic acids is 1. The van der Waals surface area contributed by atoms with Crippen molar-refractivity contribution in [3.63, 3.8) is 0 Å². The number of benzene rings is 1. The van der Waals surface area contributed by atoms with Crippen LogP contribution in [0.15, 0.2) is 24.3 Å². The molecule has 2 aliphatic rings. The first kappa shape index (κ1) is 13.4. The fourth-order valence-electron chi connectivity index (χ4n) is 2.81. The largest absolute Gasteiger partial charge is 0.497 e. The summed E-state index contributed by atoms with van der Waals surface area (Å²) in [5, 5.41) is 0. The fraction of sp³-hybridized carbons (Fsp3) is 0.533. The highest BCUT2D eigenvalue weighted by atomic mass is 16.7. The summed E-state index contributed by atoms with van der Waals surface area (Å²) in [6, 6.07) is 7.18. The Morgan fingerprint density at radius 3 is 2.60 bits per heavy atom. The summed E-state index contributed by atoms with van der Waals surface area (Å²) in [7, 11) is 1.61. The summed E-state index contributed by atoms with van der Waals surface area (Å²) in [4.78, 5) is 14.3. The molecule has 1 spiro atoms. The second-order valence-electron chi connectivity index (χ2n) is 5.17. The molecule has 0 radical (unpaired) electrons. The maximum atomic E-state index is 12.5. The van der Waals surface area contributed by atoms with Crippen LogP contribution < -0.4 is 4.74 Å². The summed E-state index contributed by atoms with van der Waals surface area (Å²) in [6.07, 6.45) is 1.77. The predicted molar refractivity (Wildman–Crippen MR) is 72.8 cm³/mol. The van der Waals surface area contributed by atoms with E-state index >= 15 is 0 Å². The normalized spacial score (nSPS) is 21.1. The van der Waals surface area contributed by atoms with Gasteiger partial charge in [-0.1, -0.05) is 0 Å². The third-order valence-corrected chi connectivity index (χ3v) is 3.86. The molecule has 2 saturated heterocycles. The molecule has 0 N–H and O–H groups in total. The molecule has 20 heavy (non-hydrogen) atoms. The number of likely N-dealkylation sites (tertiary alicyclic amines) is 1. The number of rotatable bonds is 2. The van der Waals surface area contributed by atoms with Gasteiger partial charge in [-0.3, -0.25) is 4.79 Å². The van der Waals surface area contributed by atoms with Gasteiger partial charge in [-0.05, 0) is 30.7 Å². The van der Waals surface area contributed by atoms with E-state index in [1.165, 1.54) is 0 Å². The van der Waals surface area contributed by atoms with E-state index in [1.54, 1.807) is 31.4 Å². The third-order valence-electron chi connectivity index (χ3n) is 3.86. The van der Waals surface area contributed by atoms with Crippen molar-refractivity contribution in [1.82, 2.24) is 4.90 Å². The SMILES string of the molecule is COc1ccc(C(=O)N2CCCC3(C2)OCCO3)cc1. The quantitative estimate of drug-likeness (QED) is 0.825. The van der Waals surface area contributed by atoms with Crippen LogP contribution >= 0.6 is 0 Å². The maximum Gasteiger partial charge on any atom is 0.254 e. The van der Waals surface area contributed by atoms with Gasteiger partial charge in [0.2, 0.25) is 0 Å². The molecular formula is C15H19NO4. The molecular weight excluding hydrogens is 258 g/mol. The van der Waals surface area contributed by atoms with Crippen LogP contribution in [0.5, 0.6) is 5.75 Å². The number of nitrogens with zero attached hydrogens (tertiary/aromatic N) is 1. The molecule has 0 aliphatic carbocycles. The Morgan fingerprint density at radius 2 is 1.95 bits per heavy atom. The van der Waals surface area contributed by atoms with Crippen LogP contribution in [0.1, 0.15) is 23.2 Å². The van der Waals surface area contributed by atoms with Crippen LogP contribution in [0, 0.1) is 0 Å². The lowest BCUT2D eigenvalue weighted by Gasteiger charge is -2.38. The first-order chi connectivity index (χ1) is 9.72. The molecule has 2 heterocycles. The lowest BCUT2D eigenvalue weighted by Crippen LogP contribution is -2.51. The Hall–Kier alpha value is -1.59. The number of carbonyl (C=O) groups is 1. The molecule has 5 heteroatoms. The second-order valence-corrected chi connectivity index (χ2v) is 5.17. The lowest BCUT2D eigenvalue weighted by atomic mass is 10.0. The monoisotopic (exact) mass is 277 g/mol. The zero-order valence-corrected chi connectivity index (χ0v) is 11.6. The number of piperidine rings is 1. The molecule has 0 aromatic heterocycles. The van der Waals surface area contributed by atoms with Crippen molar-refractivity contribution in [3.8, 4) is 5.75 Å². The van der Waals surface area contributed by atoms with Crippen molar-refractivity contribution in [1.29, 1.82) is 0 Å². The van der Waals surface area contributed by atoms with Gasteiger partial charge in [-0.15, -0.1) is 0 Å². The van der Waals surface area contributed by atoms with Crippen molar-refractivity contribution in [2.24, 2.45) is 0 Å². The standard InChI is InChI=1S/C15H19NO4/c1-18-13-5-3-12(4-6-13)14(17)16-8-2-7-15(11-16)19-9-10-20-15/h3-6H,2,7-11H2,1H3. The molecule has 2 fully saturated rings. The maximum absolute atomic E-state index is 12.5. The Balaban J connectivity index is 1.72. The lowest BCUT2D eigenvalue weighted by molar-refractivity contribution is -0.183. The van der Waals surface area contributed by atoms with Crippen LogP contribution in [0.4, 0.5) is 0 Å². The van der Waals surface area contributed by atoms with E-state index in [0.29, 0.717) is 25.3 Å². The fourth-order valence-corrected chi connectivity index (χ4v) is 2.81. The van der Waals surface area contributed by atoms with Crippen molar-refractivity contribution in [2.75, 3.05) is 33.4 Å². The Bertz CT molecular complexity index is 479. The van der Waals surface area contributed by atoms with Crippen LogP contribution in [0.3, 0.4) is 0 Å². The zero-order valence-electron chi connectivity index (χ0n) is 11.6. The summed E-state index contributed by atoms with van der Waals surface area (Å²) in [5.74, 6) is 0.199. The van der Waals surface area contributed by atoms with Crippen molar-refractivity contribution >= 4 is 5.91 Å². The highest BCUT2D eigenvalue weighted by molar-refractivity contribution is 5.94. The van der Waals surface area contributed by atoms with Gasteiger partial charge in [0.05, 0.1) is 26.9 Å². The number of hydrogen-bond donors (Lipinski definition) is 0. The summed E-state index contributed by atoms with van der Waals surface area (Å²) in [6.45, 7) is 2.49. The highest BCUT2D eigenvalue weighted by Crippen LogP contribution is 2.30. The van der Waals surface area contributed by atoms with Gasteiger partial charge in [0, 0.05) is 18.5 Å². The summed E-state index contributed by atoms with van der Waals surface area (Å²) in [5.41, 5.74) is 0.667. The molecule has 108 valence electrons. The molecule has 0 bridgehead atoms. The summed E-state index contributed by atoms with van der Waals surface area (Å²) < 4.78 is 16.5. The van der Waals surface area contributed by atoms with Gasteiger partial charge < -0.3 is 19.1 Å². The number of amides is 1. The number of methoxy groups -OCH3 is 1. The topological polar surface area (TPSA) is 48.0 Å². The van der Waals surface area contributed by atoms with E-state index < -0.39 is 5.79 Å². The molecule has 1 aromatic carbocycles.